The molecule has 2 amide bonds. The Bertz CT molecular complexity index is 1540. The van der Waals surface area contributed by atoms with Crippen LogP contribution in [0.25, 0.3) is 10.2 Å². The zero-order valence-corrected chi connectivity index (χ0v) is 21.2. The molecule has 0 bridgehead atoms. The van der Waals surface area contributed by atoms with Crippen LogP contribution in [-0.4, -0.2) is 41.7 Å². The van der Waals surface area contributed by atoms with Crippen LogP contribution < -0.4 is 31.4 Å². The second kappa shape index (κ2) is 11.6. The number of aromatic nitrogens is 2. The zero-order valence-electron chi connectivity index (χ0n) is 20.4. The van der Waals surface area contributed by atoms with Crippen molar-refractivity contribution in [1.82, 2.24) is 14.5 Å². The molecule has 0 atom stereocenters. The summed E-state index contributed by atoms with van der Waals surface area (Å²) >= 11 is 1.14. The summed E-state index contributed by atoms with van der Waals surface area (Å²) in [7, 11) is 2.98. The van der Waals surface area contributed by atoms with Gasteiger partial charge in [0.2, 0.25) is 11.8 Å². The number of carbonyl (C=O) groups is 2. The number of amides is 2. The monoisotopic (exact) mass is 522 g/mol. The molecule has 0 unspecified atom stereocenters. The van der Waals surface area contributed by atoms with Crippen molar-refractivity contribution in [2.45, 2.75) is 19.5 Å². The number of thiophene rings is 1. The van der Waals surface area contributed by atoms with Crippen LogP contribution in [0.5, 0.6) is 11.5 Å². The maximum atomic E-state index is 13.3. The van der Waals surface area contributed by atoms with Crippen LogP contribution in [0, 0.1) is 0 Å². The summed E-state index contributed by atoms with van der Waals surface area (Å²) in [5, 5.41) is 7.13. The second-order valence-corrected chi connectivity index (χ2v) is 9.01. The third-order valence-electron chi connectivity index (χ3n) is 5.70. The Morgan fingerprint density at radius 3 is 2.41 bits per heavy atom. The SMILES string of the molecule is COc1ccc(NC(=O)Cn2c(=O)n(CC(=O)NCCc3ccccc3)c(=O)c3sccc32)c(OC)c1. The molecule has 2 aromatic heterocycles. The highest BCUT2D eigenvalue weighted by molar-refractivity contribution is 7.17. The van der Waals surface area contributed by atoms with Crippen LogP contribution in [0.2, 0.25) is 0 Å². The summed E-state index contributed by atoms with van der Waals surface area (Å²) in [6.45, 7) is -0.454. The van der Waals surface area contributed by atoms with E-state index in [4.69, 9.17) is 9.47 Å². The molecule has 2 heterocycles. The Morgan fingerprint density at radius 1 is 0.919 bits per heavy atom. The fourth-order valence-corrected chi connectivity index (χ4v) is 4.69. The third-order valence-corrected chi connectivity index (χ3v) is 6.59. The molecule has 0 spiro atoms. The van der Waals surface area contributed by atoms with Crippen molar-refractivity contribution in [3.8, 4) is 11.5 Å². The molecule has 11 heteroatoms. The van der Waals surface area contributed by atoms with E-state index in [0.29, 0.717) is 35.7 Å². The van der Waals surface area contributed by atoms with Crippen LogP contribution in [-0.2, 0) is 29.1 Å². The standard InChI is InChI=1S/C26H26N4O6S/c1-35-18-8-9-19(21(14-18)36-2)28-23(32)16-29-20-11-13-37-24(20)25(33)30(26(29)34)15-22(31)27-12-10-17-6-4-3-5-7-17/h3-9,11,13-14H,10,12,15-16H2,1-2H3,(H,27,31)(H,28,32). The van der Waals surface area contributed by atoms with Crippen LogP contribution in [0.15, 0.2) is 69.6 Å². The van der Waals surface area contributed by atoms with Crippen molar-refractivity contribution in [2.24, 2.45) is 0 Å². The van der Waals surface area contributed by atoms with E-state index < -0.39 is 29.6 Å². The smallest absolute Gasteiger partial charge is 0.332 e. The first-order chi connectivity index (χ1) is 17.9. The third kappa shape index (κ3) is 5.89. The Labute approximate surface area is 216 Å². The molecular formula is C26H26N4O6S. The predicted octanol–water partition coefficient (Wildman–Crippen LogP) is 2.24. The first-order valence-corrected chi connectivity index (χ1v) is 12.3. The van der Waals surface area contributed by atoms with Gasteiger partial charge < -0.3 is 20.1 Å². The van der Waals surface area contributed by atoms with E-state index in [1.165, 1.54) is 18.8 Å². The summed E-state index contributed by atoms with van der Waals surface area (Å²) in [6, 6.07) is 16.2. The van der Waals surface area contributed by atoms with Crippen molar-refractivity contribution < 1.29 is 19.1 Å². The number of benzene rings is 2. The number of ether oxygens (including phenoxy) is 2. The van der Waals surface area contributed by atoms with E-state index in [1.54, 1.807) is 29.6 Å². The number of nitrogens with zero attached hydrogens (tertiary/aromatic N) is 2. The summed E-state index contributed by atoms with van der Waals surface area (Å²) in [5.41, 5.74) is 0.473. The molecule has 0 aliphatic carbocycles. The first kappa shape index (κ1) is 25.7. The largest absolute Gasteiger partial charge is 0.497 e. The minimum Gasteiger partial charge on any atom is -0.497 e. The number of hydrogen-bond acceptors (Lipinski definition) is 7. The lowest BCUT2D eigenvalue weighted by atomic mass is 10.1. The maximum absolute atomic E-state index is 13.3. The molecule has 0 saturated heterocycles. The van der Waals surface area contributed by atoms with Gasteiger partial charge in [-0.05, 0) is 35.6 Å². The lowest BCUT2D eigenvalue weighted by molar-refractivity contribution is -0.121. The van der Waals surface area contributed by atoms with Gasteiger partial charge in [0.05, 0.1) is 25.4 Å². The van der Waals surface area contributed by atoms with E-state index in [2.05, 4.69) is 10.6 Å². The van der Waals surface area contributed by atoms with Crippen LogP contribution in [0.3, 0.4) is 0 Å². The summed E-state index contributed by atoms with van der Waals surface area (Å²) in [4.78, 5) is 51.7. The van der Waals surface area contributed by atoms with Gasteiger partial charge in [0.1, 0.15) is 29.3 Å². The summed E-state index contributed by atoms with van der Waals surface area (Å²) in [5.74, 6) is -0.0290. The van der Waals surface area contributed by atoms with Crippen molar-refractivity contribution in [1.29, 1.82) is 0 Å². The Kier molecular flexibility index (Phi) is 8.04. The second-order valence-electron chi connectivity index (χ2n) is 8.09. The van der Waals surface area contributed by atoms with Crippen LogP contribution in [0.1, 0.15) is 5.56 Å². The number of fused-ring (bicyclic) bond motifs is 1. The van der Waals surface area contributed by atoms with Gasteiger partial charge in [-0.1, -0.05) is 30.3 Å². The Balaban J connectivity index is 1.53. The molecule has 0 saturated carbocycles. The topological polar surface area (TPSA) is 121 Å². The van der Waals surface area contributed by atoms with Crippen molar-refractivity contribution in [2.75, 3.05) is 26.1 Å². The van der Waals surface area contributed by atoms with E-state index >= 15 is 0 Å². The molecule has 0 aliphatic heterocycles. The molecule has 2 N–H and O–H groups in total. The first-order valence-electron chi connectivity index (χ1n) is 11.4. The van der Waals surface area contributed by atoms with Gasteiger partial charge in [-0.2, -0.15) is 0 Å². The molecule has 4 aromatic rings. The van der Waals surface area contributed by atoms with E-state index in [1.807, 2.05) is 30.3 Å². The number of rotatable bonds is 10. The van der Waals surface area contributed by atoms with Crippen molar-refractivity contribution in [3.63, 3.8) is 0 Å². The molecule has 0 aliphatic rings. The van der Waals surface area contributed by atoms with E-state index in [9.17, 15) is 19.2 Å². The van der Waals surface area contributed by atoms with Crippen molar-refractivity contribution >= 4 is 39.1 Å². The highest BCUT2D eigenvalue weighted by atomic mass is 32.1. The molecule has 37 heavy (non-hydrogen) atoms. The number of anilines is 1. The van der Waals surface area contributed by atoms with Gasteiger partial charge in [-0.3, -0.25) is 19.0 Å². The highest BCUT2D eigenvalue weighted by Gasteiger charge is 2.19. The Hall–Kier alpha value is -4.38. The zero-order chi connectivity index (χ0) is 26.4. The molecule has 4 rings (SSSR count). The minimum absolute atomic E-state index is 0.284. The van der Waals surface area contributed by atoms with Crippen LogP contribution in [0.4, 0.5) is 5.69 Å². The lowest BCUT2D eigenvalue weighted by Gasteiger charge is -2.14. The maximum Gasteiger partial charge on any atom is 0.332 e. The highest BCUT2D eigenvalue weighted by Crippen LogP contribution is 2.29. The fraction of sp³-hybridized carbons (Fsp3) is 0.231. The van der Waals surface area contributed by atoms with E-state index in [0.717, 1.165) is 21.5 Å². The fourth-order valence-electron chi connectivity index (χ4n) is 3.85. The van der Waals surface area contributed by atoms with Gasteiger partial charge in [-0.15, -0.1) is 11.3 Å². The molecule has 2 aromatic carbocycles. The van der Waals surface area contributed by atoms with E-state index in [-0.39, 0.29) is 11.2 Å². The van der Waals surface area contributed by atoms with Gasteiger partial charge in [0.15, 0.2) is 0 Å². The molecule has 192 valence electrons. The summed E-state index contributed by atoms with van der Waals surface area (Å²) < 4.78 is 12.8. The average Bonchev–Trinajstić information content (AvgIpc) is 3.40. The summed E-state index contributed by atoms with van der Waals surface area (Å²) in [6.07, 6.45) is 0.616. The van der Waals surface area contributed by atoms with Gasteiger partial charge in [-0.25, -0.2) is 9.36 Å². The number of methoxy groups -OCH3 is 2. The van der Waals surface area contributed by atoms with Crippen molar-refractivity contribution in [3.05, 3.63) is 86.4 Å². The molecule has 0 fully saturated rings. The molecule has 0 radical (unpaired) electrons. The van der Waals surface area contributed by atoms with Gasteiger partial charge in [0.25, 0.3) is 5.56 Å². The normalized spacial score (nSPS) is 10.8. The van der Waals surface area contributed by atoms with Gasteiger partial charge >= 0.3 is 5.69 Å². The quantitative estimate of drug-likeness (QED) is 0.330. The lowest BCUT2D eigenvalue weighted by Crippen LogP contribution is -2.44. The molecule has 10 nitrogen and oxygen atoms in total. The van der Waals surface area contributed by atoms with Crippen LogP contribution >= 0.6 is 11.3 Å². The van der Waals surface area contributed by atoms with Gasteiger partial charge in [0, 0.05) is 12.6 Å². The number of nitrogens with one attached hydrogen (secondary N) is 2. The number of hydrogen-bond donors (Lipinski definition) is 2. The Morgan fingerprint density at radius 2 is 1.68 bits per heavy atom. The predicted molar refractivity (Wildman–Crippen MR) is 142 cm³/mol. The molecular weight excluding hydrogens is 496 g/mol. The minimum atomic E-state index is -0.744. The average molecular weight is 523 g/mol. The number of carbonyl (C=O) groups excluding carboxylic acids is 2.